The van der Waals surface area contributed by atoms with Gasteiger partial charge in [-0.3, -0.25) is 5.10 Å². The van der Waals surface area contributed by atoms with Gasteiger partial charge in [0.15, 0.2) is 20.7 Å². The molecule has 3 heterocycles. The third-order valence-electron chi connectivity index (χ3n) is 4.23. The van der Waals surface area contributed by atoms with Crippen molar-refractivity contribution in [3.8, 4) is 11.4 Å². The summed E-state index contributed by atoms with van der Waals surface area (Å²) in [6, 6.07) is 6.58. The van der Waals surface area contributed by atoms with Gasteiger partial charge in [0.25, 0.3) is 0 Å². The highest BCUT2D eigenvalue weighted by Gasteiger charge is 2.29. The number of nitrogens with two attached hydrogens (primary N) is 1. The van der Waals surface area contributed by atoms with Gasteiger partial charge in [-0.05, 0) is 29.6 Å². The summed E-state index contributed by atoms with van der Waals surface area (Å²) in [4.78, 5) is 8.22. The molecule has 0 spiro atoms. The third-order valence-corrected chi connectivity index (χ3v) is 5.86. The predicted molar refractivity (Wildman–Crippen MR) is 98.5 cm³/mol. The van der Waals surface area contributed by atoms with Gasteiger partial charge in [-0.15, -0.1) is 0 Å². The minimum atomic E-state index is -3.82. The topological polar surface area (TPSA) is 144 Å². The van der Waals surface area contributed by atoms with E-state index in [4.69, 9.17) is 10.4 Å². The van der Waals surface area contributed by atoms with E-state index in [1.54, 1.807) is 25.1 Å². The van der Waals surface area contributed by atoms with Crippen LogP contribution in [-0.4, -0.2) is 40.7 Å². The summed E-state index contributed by atoms with van der Waals surface area (Å²) in [5, 5.41) is 16.4. The van der Waals surface area contributed by atoms with Crippen molar-refractivity contribution in [2.75, 3.05) is 5.73 Å². The average Bonchev–Trinajstić information content (AvgIpc) is 3.21. The van der Waals surface area contributed by atoms with Crippen LogP contribution >= 0.6 is 0 Å². The SMILES string of the molecule is Cc1nc(-c2cc(N)cnc2S(=O)(=O)Cc2ccc3c(c2)B(O)OC3)n[nH]1. The summed E-state index contributed by atoms with van der Waals surface area (Å²) in [6.45, 7) is 2.01. The number of nitrogens with one attached hydrogen (secondary N) is 1. The molecule has 0 atom stereocenters. The van der Waals surface area contributed by atoms with Crippen molar-refractivity contribution in [3.05, 3.63) is 47.4 Å². The van der Waals surface area contributed by atoms with E-state index < -0.39 is 17.0 Å². The Hall–Kier alpha value is -2.76. The van der Waals surface area contributed by atoms with Gasteiger partial charge >= 0.3 is 7.12 Å². The number of sulfone groups is 1. The summed E-state index contributed by atoms with van der Waals surface area (Å²) in [5.41, 5.74) is 8.27. The van der Waals surface area contributed by atoms with Gasteiger partial charge in [-0.25, -0.2) is 18.4 Å². The summed E-state index contributed by atoms with van der Waals surface area (Å²) in [7, 11) is -4.86. The molecule has 11 heteroatoms. The minimum Gasteiger partial charge on any atom is -0.423 e. The molecule has 27 heavy (non-hydrogen) atoms. The normalized spacial score (nSPS) is 13.8. The highest BCUT2D eigenvalue weighted by molar-refractivity contribution is 7.90. The molecule has 0 saturated heterocycles. The zero-order chi connectivity index (χ0) is 19.2. The van der Waals surface area contributed by atoms with Gasteiger partial charge < -0.3 is 15.4 Å². The molecule has 9 nitrogen and oxygen atoms in total. The number of rotatable bonds is 4. The van der Waals surface area contributed by atoms with Crippen LogP contribution in [0.3, 0.4) is 0 Å². The van der Waals surface area contributed by atoms with Crippen LogP contribution in [0.1, 0.15) is 17.0 Å². The number of pyridine rings is 1. The van der Waals surface area contributed by atoms with Crippen LogP contribution in [0.5, 0.6) is 0 Å². The zero-order valence-corrected chi connectivity index (χ0v) is 15.2. The molecular formula is C16H16BN5O4S. The third kappa shape index (κ3) is 3.32. The number of hydrogen-bond acceptors (Lipinski definition) is 8. The Morgan fingerprint density at radius 1 is 1.37 bits per heavy atom. The second-order valence-electron chi connectivity index (χ2n) is 6.32. The Kier molecular flexibility index (Phi) is 4.21. The molecule has 0 bridgehead atoms. The van der Waals surface area contributed by atoms with E-state index in [0.717, 1.165) is 5.56 Å². The molecule has 3 aromatic rings. The average molecular weight is 385 g/mol. The molecular weight excluding hydrogens is 369 g/mol. The lowest BCUT2D eigenvalue weighted by Crippen LogP contribution is -2.28. The lowest BCUT2D eigenvalue weighted by Gasteiger charge is -2.09. The smallest absolute Gasteiger partial charge is 0.423 e. The second-order valence-corrected chi connectivity index (χ2v) is 8.23. The Bertz CT molecular complexity index is 1130. The highest BCUT2D eigenvalue weighted by atomic mass is 32.2. The predicted octanol–water partition coefficient (Wildman–Crippen LogP) is -0.0511. The largest absolute Gasteiger partial charge is 0.491 e. The van der Waals surface area contributed by atoms with Crippen LogP contribution in [0.15, 0.2) is 35.5 Å². The molecule has 0 amide bonds. The summed E-state index contributed by atoms with van der Waals surface area (Å²) < 4.78 is 31.2. The standard InChI is InChI=1S/C16H16BN5O4S/c1-9-20-15(22-21-9)13-5-12(18)6-19-16(13)27(24,25)8-10-2-3-11-7-26-17(23)14(11)4-10/h2-6,23H,7-8,18H2,1H3,(H,20,21,22). The fraction of sp³-hybridized carbons (Fsp3) is 0.188. The van der Waals surface area contributed by atoms with Gasteiger partial charge in [-0.2, -0.15) is 5.10 Å². The number of nitrogens with zero attached hydrogens (tertiary/aromatic N) is 3. The van der Waals surface area contributed by atoms with Crippen molar-refractivity contribution in [1.82, 2.24) is 20.2 Å². The molecule has 4 rings (SSSR count). The maximum atomic E-state index is 13.0. The maximum absolute atomic E-state index is 13.0. The van der Waals surface area contributed by atoms with Gasteiger partial charge in [0.05, 0.1) is 29.8 Å². The van der Waals surface area contributed by atoms with Crippen LogP contribution in [-0.2, 0) is 26.9 Å². The van der Waals surface area contributed by atoms with E-state index >= 15 is 0 Å². The number of aryl methyl sites for hydroxylation is 1. The van der Waals surface area contributed by atoms with Crippen molar-refractivity contribution < 1.29 is 18.1 Å². The Labute approximate surface area is 155 Å². The molecule has 0 radical (unpaired) electrons. The van der Waals surface area contributed by atoms with Crippen molar-refractivity contribution >= 4 is 28.1 Å². The van der Waals surface area contributed by atoms with Crippen molar-refractivity contribution in [2.45, 2.75) is 24.3 Å². The van der Waals surface area contributed by atoms with Crippen molar-refractivity contribution in [3.63, 3.8) is 0 Å². The second kappa shape index (κ2) is 6.45. The van der Waals surface area contributed by atoms with E-state index in [0.29, 0.717) is 29.1 Å². The van der Waals surface area contributed by atoms with E-state index in [9.17, 15) is 13.4 Å². The van der Waals surface area contributed by atoms with Crippen molar-refractivity contribution in [1.29, 1.82) is 0 Å². The van der Waals surface area contributed by atoms with E-state index in [1.165, 1.54) is 12.3 Å². The van der Waals surface area contributed by atoms with Gasteiger partial charge in [0.1, 0.15) is 5.82 Å². The quantitative estimate of drug-likeness (QED) is 0.530. The van der Waals surface area contributed by atoms with Gasteiger partial charge in [0, 0.05) is 0 Å². The first kappa shape index (κ1) is 17.6. The Balaban J connectivity index is 1.74. The molecule has 1 aliphatic rings. The number of fused-ring (bicyclic) bond motifs is 1. The van der Waals surface area contributed by atoms with Gasteiger partial charge in [0.2, 0.25) is 0 Å². The molecule has 0 unspecified atom stereocenters. The fourth-order valence-corrected chi connectivity index (χ4v) is 4.44. The first-order valence-corrected chi connectivity index (χ1v) is 9.78. The molecule has 1 aromatic carbocycles. The lowest BCUT2D eigenvalue weighted by molar-refractivity contribution is 0.275. The zero-order valence-electron chi connectivity index (χ0n) is 14.4. The summed E-state index contributed by atoms with van der Waals surface area (Å²) >= 11 is 0. The van der Waals surface area contributed by atoms with Crippen LogP contribution in [0.2, 0.25) is 0 Å². The molecule has 0 saturated carbocycles. The summed E-state index contributed by atoms with van der Waals surface area (Å²) in [6.07, 6.45) is 1.29. The van der Waals surface area contributed by atoms with Crippen LogP contribution in [0, 0.1) is 6.92 Å². The number of anilines is 1. The number of aromatic amines is 1. The van der Waals surface area contributed by atoms with Crippen LogP contribution in [0.25, 0.3) is 11.4 Å². The number of hydrogen-bond donors (Lipinski definition) is 3. The molecule has 1 aliphatic heterocycles. The Morgan fingerprint density at radius 2 is 2.19 bits per heavy atom. The van der Waals surface area contributed by atoms with Crippen LogP contribution in [0.4, 0.5) is 5.69 Å². The molecule has 2 aromatic heterocycles. The monoisotopic (exact) mass is 385 g/mol. The van der Waals surface area contributed by atoms with Crippen LogP contribution < -0.4 is 11.2 Å². The lowest BCUT2D eigenvalue weighted by atomic mass is 9.79. The summed E-state index contributed by atoms with van der Waals surface area (Å²) in [5.74, 6) is 0.465. The molecule has 0 fully saturated rings. The molecule has 138 valence electrons. The number of aromatic nitrogens is 4. The van der Waals surface area contributed by atoms with Crippen molar-refractivity contribution in [2.24, 2.45) is 0 Å². The Morgan fingerprint density at radius 3 is 2.93 bits per heavy atom. The maximum Gasteiger partial charge on any atom is 0.491 e. The minimum absolute atomic E-state index is 0.145. The number of benzene rings is 1. The first-order valence-electron chi connectivity index (χ1n) is 8.12. The van der Waals surface area contributed by atoms with E-state index in [2.05, 4.69) is 20.2 Å². The van der Waals surface area contributed by atoms with Gasteiger partial charge in [-0.1, -0.05) is 18.2 Å². The van der Waals surface area contributed by atoms with E-state index in [-0.39, 0.29) is 22.2 Å². The highest BCUT2D eigenvalue weighted by Crippen LogP contribution is 2.27. The molecule has 0 aliphatic carbocycles. The molecule has 4 N–H and O–H groups in total. The number of nitrogen functional groups attached to an aromatic ring is 1. The van der Waals surface area contributed by atoms with E-state index in [1.807, 2.05) is 0 Å². The number of H-pyrrole nitrogens is 1. The first-order chi connectivity index (χ1) is 12.8. The fourth-order valence-electron chi connectivity index (χ4n) is 2.98.